The average molecular weight is 507 g/mol. The van der Waals surface area contributed by atoms with E-state index in [4.69, 9.17) is 9.36 Å². The number of aliphatic hydroxyl groups is 1. The Labute approximate surface area is 213 Å². The molecule has 2 amide bonds. The normalized spacial score (nSPS) is 17.9. The summed E-state index contributed by atoms with van der Waals surface area (Å²) in [5.74, 6) is -1.83. The topological polar surface area (TPSA) is 129 Å². The molecule has 1 aliphatic heterocycles. The molecule has 2 heterocycles. The summed E-state index contributed by atoms with van der Waals surface area (Å²) in [5, 5.41) is 23.7. The molecule has 2 N–H and O–H groups in total. The number of halogens is 1. The molecule has 192 valence electrons. The van der Waals surface area contributed by atoms with Gasteiger partial charge in [0.15, 0.2) is 5.75 Å². The van der Waals surface area contributed by atoms with Crippen LogP contribution in [0.1, 0.15) is 43.2 Å². The second-order valence-electron chi connectivity index (χ2n) is 9.36. The van der Waals surface area contributed by atoms with Crippen LogP contribution >= 0.6 is 0 Å². The van der Waals surface area contributed by atoms with Gasteiger partial charge in [0.2, 0.25) is 5.91 Å². The lowest BCUT2D eigenvalue weighted by atomic mass is 9.91. The molecule has 0 aliphatic carbocycles. The zero-order valence-corrected chi connectivity index (χ0v) is 20.6. The Balaban J connectivity index is 1.50. The smallest absolute Gasteiger partial charge is 0.275 e. The maximum Gasteiger partial charge on any atom is 0.275 e. The standard InChI is InChI=1S/C27H27FN4O5/c1-15(2)25(24-10-16(3)30-37-24)27(35)32-14-19(33)12-22(32)26(34)31-36-23-9-8-17(11-18(23)13-29)20-6-4-5-7-21(20)28/h4-11,15,19,22,25,33H,12,14H2,1-3H3,(H,31,34). The molecule has 1 saturated heterocycles. The van der Waals surface area contributed by atoms with E-state index >= 15 is 0 Å². The van der Waals surface area contributed by atoms with Crippen molar-refractivity contribution < 1.29 is 28.4 Å². The number of hydrogen-bond donors (Lipinski definition) is 2. The quantitative estimate of drug-likeness (QED) is 0.470. The van der Waals surface area contributed by atoms with Crippen LogP contribution in [0.5, 0.6) is 5.75 Å². The van der Waals surface area contributed by atoms with Gasteiger partial charge in [0.25, 0.3) is 5.91 Å². The van der Waals surface area contributed by atoms with Gasteiger partial charge in [-0.15, -0.1) is 0 Å². The first-order valence-electron chi connectivity index (χ1n) is 11.9. The third kappa shape index (κ3) is 5.47. The van der Waals surface area contributed by atoms with Crippen LogP contribution < -0.4 is 10.3 Å². The van der Waals surface area contributed by atoms with Crippen molar-refractivity contribution in [3.05, 3.63) is 71.4 Å². The van der Waals surface area contributed by atoms with Crippen LogP contribution in [0.3, 0.4) is 0 Å². The van der Waals surface area contributed by atoms with Crippen molar-refractivity contribution in [2.45, 2.75) is 45.3 Å². The van der Waals surface area contributed by atoms with E-state index in [0.717, 1.165) is 0 Å². The lowest BCUT2D eigenvalue weighted by Crippen LogP contribution is -2.48. The molecule has 1 aliphatic rings. The average Bonchev–Trinajstić information content (AvgIpc) is 3.48. The molecular formula is C27H27FN4O5. The first-order chi connectivity index (χ1) is 17.7. The van der Waals surface area contributed by atoms with Gasteiger partial charge in [-0.05, 0) is 36.6 Å². The number of carbonyl (C=O) groups is 2. The number of aliphatic hydroxyl groups excluding tert-OH is 1. The number of rotatable bonds is 7. The minimum absolute atomic E-state index is 0.0198. The second kappa shape index (κ2) is 10.8. The van der Waals surface area contributed by atoms with Gasteiger partial charge in [0.05, 0.1) is 17.4 Å². The Kier molecular flexibility index (Phi) is 7.55. The SMILES string of the molecule is Cc1cc(C(C(=O)N2CC(O)CC2C(=O)NOc2ccc(-c3ccccc3F)cc2C#N)C(C)C)on1. The number of hydrogen-bond acceptors (Lipinski definition) is 7. The highest BCUT2D eigenvalue weighted by molar-refractivity contribution is 5.91. The van der Waals surface area contributed by atoms with Gasteiger partial charge < -0.3 is 19.4 Å². The minimum Gasteiger partial charge on any atom is -0.391 e. The van der Waals surface area contributed by atoms with E-state index in [1.165, 1.54) is 23.1 Å². The molecule has 0 radical (unpaired) electrons. The Morgan fingerprint density at radius 2 is 2.03 bits per heavy atom. The highest BCUT2D eigenvalue weighted by Gasteiger charge is 2.43. The van der Waals surface area contributed by atoms with E-state index in [-0.39, 0.29) is 36.1 Å². The molecule has 9 nitrogen and oxygen atoms in total. The summed E-state index contributed by atoms with van der Waals surface area (Å²) in [4.78, 5) is 33.2. The molecule has 3 unspecified atom stereocenters. The maximum absolute atomic E-state index is 14.2. The second-order valence-corrected chi connectivity index (χ2v) is 9.36. The van der Waals surface area contributed by atoms with Crippen molar-refractivity contribution in [3.63, 3.8) is 0 Å². The fourth-order valence-electron chi connectivity index (χ4n) is 4.49. The molecule has 0 bridgehead atoms. The molecule has 0 saturated carbocycles. The van der Waals surface area contributed by atoms with E-state index in [2.05, 4.69) is 10.6 Å². The van der Waals surface area contributed by atoms with E-state index in [1.54, 1.807) is 37.3 Å². The number of amides is 2. The summed E-state index contributed by atoms with van der Waals surface area (Å²) in [6.07, 6.45) is -0.864. The molecule has 37 heavy (non-hydrogen) atoms. The summed E-state index contributed by atoms with van der Waals surface area (Å²) in [5.41, 5.74) is 3.82. The number of likely N-dealkylation sites (tertiary alicyclic amines) is 1. The minimum atomic E-state index is -0.990. The lowest BCUT2D eigenvalue weighted by Gasteiger charge is -2.28. The summed E-state index contributed by atoms with van der Waals surface area (Å²) in [7, 11) is 0. The Hall–Kier alpha value is -4.23. The number of aryl methyl sites for hydroxylation is 1. The van der Waals surface area contributed by atoms with Gasteiger partial charge in [-0.3, -0.25) is 9.59 Å². The summed E-state index contributed by atoms with van der Waals surface area (Å²) in [6, 6.07) is 13.3. The van der Waals surface area contributed by atoms with Crippen LogP contribution in [-0.4, -0.2) is 45.7 Å². The molecule has 1 fully saturated rings. The Bertz CT molecular complexity index is 1350. The molecule has 3 aromatic rings. The third-order valence-electron chi connectivity index (χ3n) is 6.30. The summed E-state index contributed by atoms with van der Waals surface area (Å²) < 4.78 is 19.5. The predicted molar refractivity (Wildman–Crippen MR) is 130 cm³/mol. The van der Waals surface area contributed by atoms with Crippen LogP contribution in [0, 0.1) is 30.0 Å². The largest absolute Gasteiger partial charge is 0.391 e. The molecule has 3 atom stereocenters. The van der Waals surface area contributed by atoms with E-state index in [1.807, 2.05) is 19.9 Å². The zero-order chi connectivity index (χ0) is 26.7. The van der Waals surface area contributed by atoms with Crippen molar-refractivity contribution in [2.75, 3.05) is 6.54 Å². The first-order valence-corrected chi connectivity index (χ1v) is 11.9. The summed E-state index contributed by atoms with van der Waals surface area (Å²) in [6.45, 7) is 5.45. The molecule has 4 rings (SSSR count). The van der Waals surface area contributed by atoms with Crippen LogP contribution in [-0.2, 0) is 9.59 Å². The highest BCUT2D eigenvalue weighted by atomic mass is 19.1. The fourth-order valence-corrected chi connectivity index (χ4v) is 4.49. The Morgan fingerprint density at radius 3 is 2.68 bits per heavy atom. The van der Waals surface area contributed by atoms with E-state index in [9.17, 15) is 24.3 Å². The van der Waals surface area contributed by atoms with Gasteiger partial charge in [0, 0.05) is 24.6 Å². The monoisotopic (exact) mass is 506 g/mol. The number of nitriles is 1. The lowest BCUT2D eigenvalue weighted by molar-refractivity contribution is -0.143. The van der Waals surface area contributed by atoms with Crippen LogP contribution in [0.4, 0.5) is 4.39 Å². The van der Waals surface area contributed by atoms with Crippen molar-refractivity contribution in [1.29, 1.82) is 5.26 Å². The fraction of sp³-hybridized carbons (Fsp3) is 0.333. The molecule has 0 spiro atoms. The van der Waals surface area contributed by atoms with E-state index < -0.39 is 29.8 Å². The number of nitrogens with zero attached hydrogens (tertiary/aromatic N) is 3. The van der Waals surface area contributed by atoms with Crippen molar-refractivity contribution >= 4 is 11.8 Å². The van der Waals surface area contributed by atoms with Crippen molar-refractivity contribution in [1.82, 2.24) is 15.5 Å². The first kappa shape index (κ1) is 25.9. The maximum atomic E-state index is 14.2. The molecule has 10 heteroatoms. The van der Waals surface area contributed by atoms with Crippen molar-refractivity contribution in [3.8, 4) is 22.9 Å². The number of β-amino-alcohol motifs (C(OH)–C–C–N with tert-alkyl or cyclic N) is 1. The number of aromatic nitrogens is 1. The summed E-state index contributed by atoms with van der Waals surface area (Å²) >= 11 is 0. The molecule has 1 aromatic heterocycles. The zero-order valence-electron chi connectivity index (χ0n) is 20.6. The highest BCUT2D eigenvalue weighted by Crippen LogP contribution is 2.31. The van der Waals surface area contributed by atoms with Crippen LogP contribution in [0.25, 0.3) is 11.1 Å². The van der Waals surface area contributed by atoms with Gasteiger partial charge in [-0.2, -0.15) is 10.7 Å². The van der Waals surface area contributed by atoms with Crippen LogP contribution in [0.2, 0.25) is 0 Å². The van der Waals surface area contributed by atoms with E-state index in [0.29, 0.717) is 22.6 Å². The van der Waals surface area contributed by atoms with Crippen molar-refractivity contribution in [2.24, 2.45) is 5.92 Å². The number of nitrogens with one attached hydrogen (secondary N) is 1. The van der Waals surface area contributed by atoms with Gasteiger partial charge in [-0.25, -0.2) is 4.39 Å². The molecule has 2 aromatic carbocycles. The number of benzene rings is 2. The number of carbonyl (C=O) groups excluding carboxylic acids is 2. The van der Waals surface area contributed by atoms with Gasteiger partial charge in [0.1, 0.15) is 29.6 Å². The number of hydroxylamine groups is 1. The van der Waals surface area contributed by atoms with Gasteiger partial charge >= 0.3 is 0 Å². The molecular weight excluding hydrogens is 479 g/mol. The predicted octanol–water partition coefficient (Wildman–Crippen LogP) is 3.47. The third-order valence-corrected chi connectivity index (χ3v) is 6.30. The Morgan fingerprint density at radius 1 is 1.27 bits per heavy atom. The van der Waals surface area contributed by atoms with Crippen LogP contribution in [0.15, 0.2) is 53.1 Å². The van der Waals surface area contributed by atoms with Gasteiger partial charge in [-0.1, -0.05) is 43.3 Å².